The Morgan fingerprint density at radius 3 is 2.83 bits per heavy atom. The molecule has 0 aliphatic carbocycles. The molecule has 1 amide bonds. The zero-order valence-corrected chi connectivity index (χ0v) is 16.4. The maximum atomic E-state index is 14.6. The largest absolute Gasteiger partial charge is 0.496 e. The van der Waals surface area contributed by atoms with Crippen molar-refractivity contribution in [1.29, 1.82) is 0 Å². The van der Waals surface area contributed by atoms with Crippen LogP contribution in [0.1, 0.15) is 18.9 Å². The number of carbonyl (C=O) groups excluding carboxylic acids is 1. The molecule has 1 aromatic heterocycles. The molecule has 1 aliphatic heterocycles. The van der Waals surface area contributed by atoms with Crippen molar-refractivity contribution >= 4 is 22.9 Å². The van der Waals surface area contributed by atoms with Crippen molar-refractivity contribution in [3.8, 4) is 16.9 Å². The fourth-order valence-corrected chi connectivity index (χ4v) is 3.56. The van der Waals surface area contributed by atoms with Crippen LogP contribution >= 0.6 is 0 Å². The van der Waals surface area contributed by atoms with Gasteiger partial charge < -0.3 is 15.4 Å². The molecule has 1 aliphatic rings. The first-order chi connectivity index (χ1) is 14.0. The first-order valence-electron chi connectivity index (χ1n) is 9.29. The molecule has 2 heterocycles. The van der Waals surface area contributed by atoms with Gasteiger partial charge in [0.2, 0.25) is 0 Å². The lowest BCUT2D eigenvalue weighted by Gasteiger charge is -2.13. The predicted molar refractivity (Wildman–Crippen MR) is 111 cm³/mol. The van der Waals surface area contributed by atoms with Crippen LogP contribution in [0.3, 0.4) is 0 Å². The fraction of sp³-hybridized carbons (Fsp3) is 0.182. The molecule has 3 aromatic rings. The molecule has 0 unspecified atom stereocenters. The lowest BCUT2D eigenvalue weighted by atomic mass is 9.97. The van der Waals surface area contributed by atoms with E-state index in [9.17, 15) is 9.18 Å². The van der Waals surface area contributed by atoms with Gasteiger partial charge in [0.15, 0.2) is 0 Å². The number of carbonyl (C=O) groups is 1. The summed E-state index contributed by atoms with van der Waals surface area (Å²) in [6.45, 7) is 1.97. The van der Waals surface area contributed by atoms with Crippen LogP contribution in [0.15, 0.2) is 54.5 Å². The monoisotopic (exact) mass is 392 g/mol. The summed E-state index contributed by atoms with van der Waals surface area (Å²) in [7, 11) is 3.34. The van der Waals surface area contributed by atoms with Crippen LogP contribution in [0.5, 0.6) is 5.75 Å². The maximum Gasteiger partial charge on any atom is 0.258 e. The SMILES string of the molecule is CC/C(Nc1cnn(C)c1)=C1/C(=O)Nc2ccc(-c3c(F)cccc3OC)cc21. The van der Waals surface area contributed by atoms with Gasteiger partial charge in [0.05, 0.1) is 30.1 Å². The average Bonchev–Trinajstić information content (AvgIpc) is 3.27. The Bertz CT molecular complexity index is 1130. The number of amides is 1. The number of aromatic nitrogens is 2. The normalized spacial score (nSPS) is 14.4. The second-order valence-electron chi connectivity index (χ2n) is 6.77. The van der Waals surface area contributed by atoms with Crippen molar-refractivity contribution < 1.29 is 13.9 Å². The van der Waals surface area contributed by atoms with E-state index in [-0.39, 0.29) is 11.7 Å². The number of ether oxygens (including phenoxy) is 1. The number of halogens is 1. The number of rotatable bonds is 5. The summed E-state index contributed by atoms with van der Waals surface area (Å²) in [6, 6.07) is 10.1. The van der Waals surface area contributed by atoms with Crippen molar-refractivity contribution in [3.63, 3.8) is 0 Å². The van der Waals surface area contributed by atoms with E-state index >= 15 is 0 Å². The molecule has 0 radical (unpaired) electrons. The van der Waals surface area contributed by atoms with Crippen molar-refractivity contribution in [2.75, 3.05) is 17.7 Å². The van der Waals surface area contributed by atoms with Gasteiger partial charge in [0.25, 0.3) is 5.91 Å². The molecule has 29 heavy (non-hydrogen) atoms. The molecule has 2 N–H and O–H groups in total. The van der Waals surface area contributed by atoms with E-state index in [1.54, 1.807) is 35.1 Å². The van der Waals surface area contributed by atoms with E-state index in [0.29, 0.717) is 34.6 Å². The minimum absolute atomic E-state index is 0.189. The van der Waals surface area contributed by atoms with Gasteiger partial charge in [-0.15, -0.1) is 0 Å². The van der Waals surface area contributed by atoms with Crippen molar-refractivity contribution in [1.82, 2.24) is 9.78 Å². The van der Waals surface area contributed by atoms with Gasteiger partial charge in [-0.2, -0.15) is 5.10 Å². The van der Waals surface area contributed by atoms with Crippen LogP contribution in [0.25, 0.3) is 16.7 Å². The Morgan fingerprint density at radius 2 is 2.14 bits per heavy atom. The summed E-state index contributed by atoms with van der Waals surface area (Å²) in [4.78, 5) is 12.7. The molecule has 0 spiro atoms. The summed E-state index contributed by atoms with van der Waals surface area (Å²) in [5, 5.41) is 10.3. The van der Waals surface area contributed by atoms with E-state index < -0.39 is 0 Å². The van der Waals surface area contributed by atoms with Crippen molar-refractivity contribution in [2.45, 2.75) is 13.3 Å². The van der Waals surface area contributed by atoms with E-state index in [1.165, 1.54) is 13.2 Å². The quantitative estimate of drug-likeness (QED) is 0.631. The van der Waals surface area contributed by atoms with E-state index in [2.05, 4.69) is 15.7 Å². The van der Waals surface area contributed by atoms with Gasteiger partial charge in [0.1, 0.15) is 11.6 Å². The smallest absolute Gasteiger partial charge is 0.258 e. The number of hydrogen-bond acceptors (Lipinski definition) is 4. The zero-order chi connectivity index (χ0) is 20.5. The highest BCUT2D eigenvalue weighted by Gasteiger charge is 2.28. The molecule has 0 bridgehead atoms. The molecule has 148 valence electrons. The number of benzene rings is 2. The lowest BCUT2D eigenvalue weighted by molar-refractivity contribution is -0.110. The number of allylic oxidation sites excluding steroid dienone is 1. The van der Waals surface area contributed by atoms with Gasteiger partial charge in [-0.25, -0.2) is 4.39 Å². The number of anilines is 2. The van der Waals surface area contributed by atoms with Crippen LogP contribution in [0.4, 0.5) is 15.8 Å². The summed E-state index contributed by atoms with van der Waals surface area (Å²) in [5.41, 5.74) is 4.55. The number of fused-ring (bicyclic) bond motifs is 1. The highest BCUT2D eigenvalue weighted by atomic mass is 19.1. The second kappa shape index (κ2) is 7.43. The molecular formula is C22H21FN4O2. The van der Waals surface area contributed by atoms with Crippen LogP contribution in [0, 0.1) is 5.82 Å². The van der Waals surface area contributed by atoms with Gasteiger partial charge in [-0.3, -0.25) is 9.48 Å². The Balaban J connectivity index is 1.84. The molecule has 0 saturated heterocycles. The van der Waals surface area contributed by atoms with Crippen LogP contribution in [-0.2, 0) is 11.8 Å². The Morgan fingerprint density at radius 1 is 1.31 bits per heavy atom. The minimum Gasteiger partial charge on any atom is -0.496 e. The molecule has 4 rings (SSSR count). The number of nitrogens with one attached hydrogen (secondary N) is 2. The molecule has 0 saturated carbocycles. The molecule has 0 fully saturated rings. The Kier molecular flexibility index (Phi) is 4.80. The topological polar surface area (TPSA) is 68.2 Å². The predicted octanol–water partition coefficient (Wildman–Crippen LogP) is 4.42. The summed E-state index contributed by atoms with van der Waals surface area (Å²) in [5.74, 6) is -0.126. The minimum atomic E-state index is -0.378. The molecule has 6 nitrogen and oxygen atoms in total. The van der Waals surface area contributed by atoms with Crippen molar-refractivity contribution in [2.24, 2.45) is 7.05 Å². The third-order valence-electron chi connectivity index (χ3n) is 4.90. The molecule has 7 heteroatoms. The molecule has 0 atom stereocenters. The number of hydrogen-bond donors (Lipinski definition) is 2. The van der Waals surface area contributed by atoms with E-state index in [4.69, 9.17) is 4.74 Å². The highest BCUT2D eigenvalue weighted by Crippen LogP contribution is 2.40. The van der Waals surface area contributed by atoms with Gasteiger partial charge >= 0.3 is 0 Å². The molecule has 2 aromatic carbocycles. The van der Waals surface area contributed by atoms with Crippen LogP contribution in [-0.4, -0.2) is 22.8 Å². The Hall–Kier alpha value is -3.61. The molecular weight excluding hydrogens is 371 g/mol. The Labute approximate surface area is 168 Å². The first kappa shape index (κ1) is 18.7. The number of methoxy groups -OCH3 is 1. The summed E-state index contributed by atoms with van der Waals surface area (Å²) < 4.78 is 21.6. The van der Waals surface area contributed by atoms with E-state index in [1.807, 2.05) is 26.2 Å². The second-order valence-corrected chi connectivity index (χ2v) is 6.77. The third kappa shape index (κ3) is 3.35. The zero-order valence-electron chi connectivity index (χ0n) is 16.4. The summed E-state index contributed by atoms with van der Waals surface area (Å²) >= 11 is 0. The summed E-state index contributed by atoms with van der Waals surface area (Å²) in [6.07, 6.45) is 4.15. The van der Waals surface area contributed by atoms with Crippen LogP contribution in [0.2, 0.25) is 0 Å². The fourth-order valence-electron chi connectivity index (χ4n) is 3.56. The first-order valence-corrected chi connectivity index (χ1v) is 9.29. The standard InChI is InChI=1S/C22H21FN4O2/c1-4-17(25-14-11-24-27(2)12-14)21-15-10-13(8-9-18(15)26-22(21)28)20-16(23)6-5-7-19(20)29-3/h5-12,25H,4H2,1-3H3,(H,26,28)/b21-17-. The number of aryl methyl sites for hydroxylation is 1. The lowest BCUT2D eigenvalue weighted by Crippen LogP contribution is -2.10. The van der Waals surface area contributed by atoms with Crippen molar-refractivity contribution in [3.05, 3.63) is 65.9 Å². The maximum absolute atomic E-state index is 14.6. The van der Waals surface area contributed by atoms with Gasteiger partial charge in [-0.05, 0) is 36.2 Å². The third-order valence-corrected chi connectivity index (χ3v) is 4.90. The number of nitrogens with zero attached hydrogens (tertiary/aromatic N) is 2. The highest BCUT2D eigenvalue weighted by molar-refractivity contribution is 6.32. The average molecular weight is 392 g/mol. The van der Waals surface area contributed by atoms with E-state index in [0.717, 1.165) is 16.9 Å². The van der Waals surface area contributed by atoms with Gasteiger partial charge in [-0.1, -0.05) is 19.1 Å². The van der Waals surface area contributed by atoms with Crippen LogP contribution < -0.4 is 15.4 Å². The van der Waals surface area contributed by atoms with Gasteiger partial charge in [0, 0.05) is 30.2 Å².